The van der Waals surface area contributed by atoms with E-state index in [-0.39, 0.29) is 24.9 Å². The van der Waals surface area contributed by atoms with Crippen LogP contribution in [0.15, 0.2) is 30.9 Å². The molecule has 1 heterocycles. The van der Waals surface area contributed by atoms with Gasteiger partial charge in [0.15, 0.2) is 18.1 Å². The third-order valence-corrected chi connectivity index (χ3v) is 4.39. The van der Waals surface area contributed by atoms with E-state index in [1.807, 2.05) is 18.2 Å². The SMILES string of the molecule is C=CCc1ccc(OCC(=O)N2CCC(CC(=O)O)CC2)c(OC)c1. The van der Waals surface area contributed by atoms with Crippen molar-refractivity contribution in [3.05, 3.63) is 36.4 Å². The summed E-state index contributed by atoms with van der Waals surface area (Å²) in [6.45, 7) is 4.81. The standard InChI is InChI=1S/C19H25NO5/c1-3-4-14-5-6-16(17(11-14)24-2)25-13-18(21)20-9-7-15(8-10-20)12-19(22)23/h3,5-6,11,15H,1,4,7-10,12-13H2,2H3,(H,22,23). The highest BCUT2D eigenvalue weighted by atomic mass is 16.5. The molecule has 6 nitrogen and oxygen atoms in total. The second-order valence-electron chi connectivity index (χ2n) is 6.19. The summed E-state index contributed by atoms with van der Waals surface area (Å²) >= 11 is 0. The maximum Gasteiger partial charge on any atom is 0.303 e. The third-order valence-electron chi connectivity index (χ3n) is 4.39. The van der Waals surface area contributed by atoms with Crippen molar-refractivity contribution >= 4 is 11.9 Å². The largest absolute Gasteiger partial charge is 0.493 e. The average molecular weight is 347 g/mol. The molecule has 0 spiro atoms. The molecule has 1 N–H and O–H groups in total. The van der Waals surface area contributed by atoms with Gasteiger partial charge in [0.25, 0.3) is 5.91 Å². The Morgan fingerprint density at radius 3 is 2.64 bits per heavy atom. The number of carboxylic acid groups (broad SMARTS) is 1. The number of aliphatic carboxylic acids is 1. The Hall–Kier alpha value is -2.50. The zero-order valence-corrected chi connectivity index (χ0v) is 14.6. The van der Waals surface area contributed by atoms with E-state index in [0.717, 1.165) is 24.8 Å². The molecule has 1 aromatic rings. The highest BCUT2D eigenvalue weighted by Gasteiger charge is 2.24. The quantitative estimate of drug-likeness (QED) is 0.731. The van der Waals surface area contributed by atoms with Gasteiger partial charge in [-0.15, -0.1) is 6.58 Å². The van der Waals surface area contributed by atoms with Gasteiger partial charge in [0.05, 0.1) is 7.11 Å². The van der Waals surface area contributed by atoms with Gasteiger partial charge in [0, 0.05) is 19.5 Å². The number of rotatable bonds is 8. The Morgan fingerprint density at radius 1 is 1.32 bits per heavy atom. The van der Waals surface area contributed by atoms with Crippen LogP contribution in [0.5, 0.6) is 11.5 Å². The molecular weight excluding hydrogens is 322 g/mol. The van der Waals surface area contributed by atoms with Crippen molar-refractivity contribution in [2.24, 2.45) is 5.92 Å². The first-order valence-corrected chi connectivity index (χ1v) is 8.43. The fraction of sp³-hybridized carbons (Fsp3) is 0.474. The molecule has 1 aromatic carbocycles. The summed E-state index contributed by atoms with van der Waals surface area (Å²) in [5.74, 6) is 0.405. The molecular formula is C19H25NO5. The van der Waals surface area contributed by atoms with Crippen molar-refractivity contribution in [2.75, 3.05) is 26.8 Å². The molecule has 25 heavy (non-hydrogen) atoms. The number of amides is 1. The molecule has 2 rings (SSSR count). The molecule has 0 atom stereocenters. The highest BCUT2D eigenvalue weighted by Crippen LogP contribution is 2.28. The highest BCUT2D eigenvalue weighted by molar-refractivity contribution is 5.78. The molecule has 0 aromatic heterocycles. The number of methoxy groups -OCH3 is 1. The zero-order chi connectivity index (χ0) is 18.2. The monoisotopic (exact) mass is 347 g/mol. The minimum atomic E-state index is -0.778. The predicted octanol–water partition coefficient (Wildman–Crippen LogP) is 2.52. The number of ether oxygens (including phenoxy) is 2. The van der Waals surface area contributed by atoms with Crippen LogP contribution in [0.2, 0.25) is 0 Å². The molecule has 0 aliphatic carbocycles. The number of hydrogen-bond donors (Lipinski definition) is 1. The van der Waals surface area contributed by atoms with Gasteiger partial charge >= 0.3 is 5.97 Å². The first kappa shape index (κ1) is 18.8. The Labute approximate surface area is 148 Å². The first-order valence-electron chi connectivity index (χ1n) is 8.43. The minimum Gasteiger partial charge on any atom is -0.493 e. The van der Waals surface area contributed by atoms with Crippen LogP contribution < -0.4 is 9.47 Å². The van der Waals surface area contributed by atoms with E-state index >= 15 is 0 Å². The fourth-order valence-electron chi connectivity index (χ4n) is 2.99. The van der Waals surface area contributed by atoms with Crippen LogP contribution in [0.1, 0.15) is 24.8 Å². The van der Waals surface area contributed by atoms with E-state index in [1.54, 1.807) is 18.1 Å². The van der Waals surface area contributed by atoms with Crippen molar-refractivity contribution in [2.45, 2.75) is 25.7 Å². The topological polar surface area (TPSA) is 76.1 Å². The number of likely N-dealkylation sites (tertiary alicyclic amines) is 1. The van der Waals surface area contributed by atoms with E-state index < -0.39 is 5.97 Å². The Balaban J connectivity index is 1.86. The number of piperidine rings is 1. The van der Waals surface area contributed by atoms with E-state index in [2.05, 4.69) is 6.58 Å². The summed E-state index contributed by atoms with van der Waals surface area (Å²) < 4.78 is 11.0. The lowest BCUT2D eigenvalue weighted by atomic mass is 9.94. The summed E-state index contributed by atoms with van der Waals surface area (Å²) in [5, 5.41) is 8.84. The molecule has 0 unspecified atom stereocenters. The molecule has 0 bridgehead atoms. The lowest BCUT2D eigenvalue weighted by Gasteiger charge is -2.31. The van der Waals surface area contributed by atoms with Gasteiger partial charge in [0.1, 0.15) is 0 Å². The van der Waals surface area contributed by atoms with Crippen LogP contribution in [0, 0.1) is 5.92 Å². The molecule has 6 heteroatoms. The van der Waals surface area contributed by atoms with E-state index in [4.69, 9.17) is 14.6 Å². The smallest absolute Gasteiger partial charge is 0.303 e. The number of allylic oxidation sites excluding steroid dienone is 1. The number of benzene rings is 1. The molecule has 0 radical (unpaired) electrons. The van der Waals surface area contributed by atoms with Crippen LogP contribution in [0.25, 0.3) is 0 Å². The third kappa shape index (κ3) is 5.52. The van der Waals surface area contributed by atoms with Crippen molar-refractivity contribution in [3.63, 3.8) is 0 Å². The average Bonchev–Trinajstić information content (AvgIpc) is 2.60. The van der Waals surface area contributed by atoms with Crippen molar-refractivity contribution in [3.8, 4) is 11.5 Å². The van der Waals surface area contributed by atoms with Crippen molar-refractivity contribution in [1.82, 2.24) is 4.90 Å². The summed E-state index contributed by atoms with van der Waals surface area (Å²) in [6, 6.07) is 5.59. The lowest BCUT2D eigenvalue weighted by Crippen LogP contribution is -2.41. The van der Waals surface area contributed by atoms with Gasteiger partial charge in [-0.05, 0) is 42.9 Å². The van der Waals surface area contributed by atoms with Gasteiger partial charge < -0.3 is 19.5 Å². The van der Waals surface area contributed by atoms with Crippen LogP contribution in [0.3, 0.4) is 0 Å². The second kappa shape index (κ2) is 9.11. The Kier molecular flexibility index (Phi) is 6.86. The van der Waals surface area contributed by atoms with Crippen LogP contribution in [-0.2, 0) is 16.0 Å². The Morgan fingerprint density at radius 2 is 2.04 bits per heavy atom. The van der Waals surface area contributed by atoms with Crippen molar-refractivity contribution in [1.29, 1.82) is 0 Å². The lowest BCUT2D eigenvalue weighted by molar-refractivity contribution is -0.139. The molecule has 136 valence electrons. The maximum atomic E-state index is 12.3. The number of carboxylic acids is 1. The maximum absolute atomic E-state index is 12.3. The summed E-state index contributed by atoms with van der Waals surface area (Å²) in [4.78, 5) is 24.8. The van der Waals surface area contributed by atoms with Gasteiger partial charge in [-0.3, -0.25) is 9.59 Å². The summed E-state index contributed by atoms with van der Waals surface area (Å²) in [7, 11) is 1.56. The number of carbonyl (C=O) groups excluding carboxylic acids is 1. The van der Waals surface area contributed by atoms with E-state index in [0.29, 0.717) is 24.6 Å². The minimum absolute atomic E-state index is 0.0548. The van der Waals surface area contributed by atoms with Gasteiger partial charge in [0.2, 0.25) is 0 Å². The number of hydrogen-bond acceptors (Lipinski definition) is 4. The van der Waals surface area contributed by atoms with E-state index in [1.165, 1.54) is 0 Å². The fourth-order valence-corrected chi connectivity index (χ4v) is 2.99. The van der Waals surface area contributed by atoms with Gasteiger partial charge in [-0.1, -0.05) is 12.1 Å². The van der Waals surface area contributed by atoms with Crippen LogP contribution in [0.4, 0.5) is 0 Å². The number of nitrogens with zero attached hydrogens (tertiary/aromatic N) is 1. The molecule has 0 saturated carbocycles. The normalized spacial score (nSPS) is 14.8. The second-order valence-corrected chi connectivity index (χ2v) is 6.19. The summed E-state index contributed by atoms with van der Waals surface area (Å²) in [6.07, 6.45) is 4.16. The van der Waals surface area contributed by atoms with Crippen LogP contribution >= 0.6 is 0 Å². The first-order chi connectivity index (χ1) is 12.0. The van der Waals surface area contributed by atoms with E-state index in [9.17, 15) is 9.59 Å². The predicted molar refractivity (Wildman–Crippen MR) is 93.9 cm³/mol. The molecule has 1 saturated heterocycles. The Bertz CT molecular complexity index is 620. The number of carbonyl (C=O) groups is 2. The molecule has 1 fully saturated rings. The molecule has 1 amide bonds. The molecule has 1 aliphatic heterocycles. The van der Waals surface area contributed by atoms with Gasteiger partial charge in [-0.2, -0.15) is 0 Å². The van der Waals surface area contributed by atoms with Gasteiger partial charge in [-0.25, -0.2) is 0 Å². The summed E-state index contributed by atoms with van der Waals surface area (Å²) in [5.41, 5.74) is 1.06. The van der Waals surface area contributed by atoms with Crippen LogP contribution in [-0.4, -0.2) is 48.7 Å². The van der Waals surface area contributed by atoms with Crippen molar-refractivity contribution < 1.29 is 24.2 Å². The zero-order valence-electron chi connectivity index (χ0n) is 14.6. The molecule has 1 aliphatic rings.